The van der Waals surface area contributed by atoms with E-state index in [2.05, 4.69) is 31.1 Å². The molecule has 0 saturated carbocycles. The molecular weight excluding hydrogens is 198 g/mol. The van der Waals surface area contributed by atoms with Gasteiger partial charge in [-0.05, 0) is 18.9 Å². The first-order chi connectivity index (χ1) is 6.50. The van der Waals surface area contributed by atoms with E-state index in [0.717, 1.165) is 0 Å². The Kier molecular flexibility index (Phi) is 3.58. The summed E-state index contributed by atoms with van der Waals surface area (Å²) in [6.45, 7) is 6.38. The van der Waals surface area contributed by atoms with Crippen LogP contribution in [0, 0.1) is 5.92 Å². The predicted octanol–water partition coefficient (Wildman–Crippen LogP) is 2.77. The summed E-state index contributed by atoms with van der Waals surface area (Å²) in [5.41, 5.74) is 6.35. The van der Waals surface area contributed by atoms with Crippen LogP contribution in [0.4, 0.5) is 11.5 Å². The third-order valence-corrected chi connectivity index (χ3v) is 2.45. The maximum Gasteiger partial charge on any atom is 0.149 e. The topological polar surface area (TPSA) is 50.9 Å². The lowest BCUT2D eigenvalue weighted by atomic mass is 10.1. The van der Waals surface area contributed by atoms with Crippen LogP contribution in [0.2, 0.25) is 5.02 Å². The van der Waals surface area contributed by atoms with E-state index >= 15 is 0 Å². The number of pyridine rings is 1. The Bertz CT molecular complexity index is 312. The minimum atomic E-state index is 0.339. The fourth-order valence-electron chi connectivity index (χ4n) is 0.958. The van der Waals surface area contributed by atoms with E-state index < -0.39 is 0 Å². The zero-order chi connectivity index (χ0) is 10.7. The second-order valence-electron chi connectivity index (χ2n) is 3.77. The molecule has 0 bridgehead atoms. The van der Waals surface area contributed by atoms with Gasteiger partial charge in [0.2, 0.25) is 0 Å². The summed E-state index contributed by atoms with van der Waals surface area (Å²) in [7, 11) is 0. The molecule has 78 valence electrons. The van der Waals surface area contributed by atoms with Crippen LogP contribution in [0.3, 0.4) is 0 Å². The summed E-state index contributed by atoms with van der Waals surface area (Å²) in [4.78, 5) is 4.13. The van der Waals surface area contributed by atoms with Crippen molar-refractivity contribution in [2.75, 3.05) is 11.1 Å². The van der Waals surface area contributed by atoms with E-state index in [9.17, 15) is 0 Å². The number of rotatable bonds is 3. The maximum atomic E-state index is 5.76. The lowest BCUT2D eigenvalue weighted by molar-refractivity contribution is 0.558. The minimum absolute atomic E-state index is 0.339. The minimum Gasteiger partial charge on any atom is -0.396 e. The highest BCUT2D eigenvalue weighted by Gasteiger charge is 2.09. The smallest absolute Gasteiger partial charge is 0.149 e. The highest BCUT2D eigenvalue weighted by atomic mass is 35.5. The monoisotopic (exact) mass is 213 g/mol. The third kappa shape index (κ3) is 2.77. The molecule has 0 aliphatic carbocycles. The van der Waals surface area contributed by atoms with Gasteiger partial charge in [-0.3, -0.25) is 0 Å². The Hall–Kier alpha value is -0.960. The number of nitrogens with one attached hydrogen (secondary N) is 1. The molecule has 1 heterocycles. The van der Waals surface area contributed by atoms with Gasteiger partial charge in [0.25, 0.3) is 0 Å². The summed E-state index contributed by atoms with van der Waals surface area (Å²) < 4.78 is 0. The summed E-state index contributed by atoms with van der Waals surface area (Å²) in [5.74, 6) is 1.24. The number of hydrogen-bond donors (Lipinski definition) is 2. The van der Waals surface area contributed by atoms with Crippen molar-refractivity contribution in [1.29, 1.82) is 0 Å². The highest BCUT2D eigenvalue weighted by molar-refractivity contribution is 6.30. The van der Waals surface area contributed by atoms with E-state index in [0.29, 0.717) is 28.5 Å². The first-order valence-electron chi connectivity index (χ1n) is 4.68. The quantitative estimate of drug-likeness (QED) is 0.812. The molecule has 1 aromatic rings. The molecule has 1 atom stereocenters. The van der Waals surface area contributed by atoms with E-state index in [-0.39, 0.29) is 0 Å². The van der Waals surface area contributed by atoms with Crippen LogP contribution < -0.4 is 11.1 Å². The van der Waals surface area contributed by atoms with Gasteiger partial charge in [-0.1, -0.05) is 25.4 Å². The largest absolute Gasteiger partial charge is 0.396 e. The molecule has 4 heteroatoms. The van der Waals surface area contributed by atoms with Crippen molar-refractivity contribution in [3.63, 3.8) is 0 Å². The highest BCUT2D eigenvalue weighted by Crippen LogP contribution is 2.21. The van der Waals surface area contributed by atoms with Crippen LogP contribution >= 0.6 is 11.6 Å². The number of halogens is 1. The predicted molar refractivity (Wildman–Crippen MR) is 61.6 cm³/mol. The fourth-order valence-corrected chi connectivity index (χ4v) is 1.12. The number of nitrogens with zero attached hydrogens (tertiary/aromatic N) is 1. The Morgan fingerprint density at radius 2 is 2.07 bits per heavy atom. The molecule has 1 aromatic heterocycles. The first-order valence-corrected chi connectivity index (χ1v) is 5.06. The zero-order valence-corrected chi connectivity index (χ0v) is 9.47. The number of nitrogen functional groups attached to an aromatic ring is 1. The molecule has 0 aromatic carbocycles. The molecule has 0 aliphatic heterocycles. The first kappa shape index (κ1) is 11.1. The number of anilines is 2. The molecule has 1 unspecified atom stereocenters. The third-order valence-electron chi connectivity index (χ3n) is 2.25. The lowest BCUT2D eigenvalue weighted by Crippen LogP contribution is -2.22. The van der Waals surface area contributed by atoms with Gasteiger partial charge in [0.15, 0.2) is 0 Å². The van der Waals surface area contributed by atoms with E-state index in [4.69, 9.17) is 17.3 Å². The molecular formula is C10H16ClN3. The molecule has 0 fully saturated rings. The van der Waals surface area contributed by atoms with E-state index in [1.54, 1.807) is 12.3 Å². The van der Waals surface area contributed by atoms with Crippen LogP contribution in [0.5, 0.6) is 0 Å². The van der Waals surface area contributed by atoms with Gasteiger partial charge in [0, 0.05) is 12.2 Å². The average Bonchev–Trinajstić information content (AvgIpc) is 2.09. The van der Waals surface area contributed by atoms with Gasteiger partial charge in [0.05, 0.1) is 10.7 Å². The molecule has 0 radical (unpaired) electrons. The van der Waals surface area contributed by atoms with Crippen LogP contribution in [-0.2, 0) is 0 Å². The van der Waals surface area contributed by atoms with Crippen molar-refractivity contribution < 1.29 is 0 Å². The molecule has 3 N–H and O–H groups in total. The molecule has 0 aliphatic rings. The van der Waals surface area contributed by atoms with Gasteiger partial charge in [-0.25, -0.2) is 4.98 Å². The van der Waals surface area contributed by atoms with Crippen LogP contribution in [0.15, 0.2) is 12.3 Å². The van der Waals surface area contributed by atoms with E-state index in [1.807, 2.05) is 0 Å². The van der Waals surface area contributed by atoms with Gasteiger partial charge in [-0.2, -0.15) is 0 Å². The van der Waals surface area contributed by atoms with Crippen LogP contribution in [0.25, 0.3) is 0 Å². The van der Waals surface area contributed by atoms with Crippen molar-refractivity contribution in [2.45, 2.75) is 26.8 Å². The average molecular weight is 214 g/mol. The molecule has 1 rings (SSSR count). The second kappa shape index (κ2) is 4.51. The molecule has 0 amide bonds. The molecule has 3 nitrogen and oxygen atoms in total. The summed E-state index contributed by atoms with van der Waals surface area (Å²) in [5, 5.41) is 3.80. The summed E-state index contributed by atoms with van der Waals surface area (Å²) >= 11 is 5.75. The van der Waals surface area contributed by atoms with Crippen LogP contribution in [0.1, 0.15) is 20.8 Å². The maximum absolute atomic E-state index is 5.76. The SMILES string of the molecule is CC(C)C(C)Nc1ncc(Cl)cc1N. The van der Waals surface area contributed by atoms with Crippen molar-refractivity contribution in [2.24, 2.45) is 5.92 Å². The number of nitrogens with two attached hydrogens (primary N) is 1. The number of hydrogen-bond acceptors (Lipinski definition) is 3. The Morgan fingerprint density at radius 3 is 2.57 bits per heavy atom. The Morgan fingerprint density at radius 1 is 1.43 bits per heavy atom. The fraction of sp³-hybridized carbons (Fsp3) is 0.500. The zero-order valence-electron chi connectivity index (χ0n) is 8.71. The molecule has 0 saturated heterocycles. The van der Waals surface area contributed by atoms with Crippen molar-refractivity contribution >= 4 is 23.1 Å². The normalized spacial score (nSPS) is 12.9. The van der Waals surface area contributed by atoms with Crippen LogP contribution in [-0.4, -0.2) is 11.0 Å². The lowest BCUT2D eigenvalue weighted by Gasteiger charge is -2.18. The number of aromatic nitrogens is 1. The van der Waals surface area contributed by atoms with Gasteiger partial charge >= 0.3 is 0 Å². The molecule has 0 spiro atoms. The van der Waals surface area contributed by atoms with Gasteiger partial charge in [-0.15, -0.1) is 0 Å². The Labute approximate surface area is 89.7 Å². The second-order valence-corrected chi connectivity index (χ2v) is 4.20. The van der Waals surface area contributed by atoms with Crippen molar-refractivity contribution in [3.8, 4) is 0 Å². The van der Waals surface area contributed by atoms with E-state index in [1.165, 1.54) is 0 Å². The molecule has 14 heavy (non-hydrogen) atoms. The summed E-state index contributed by atoms with van der Waals surface area (Å²) in [6.07, 6.45) is 1.59. The van der Waals surface area contributed by atoms with Gasteiger partial charge in [0.1, 0.15) is 5.82 Å². The standard InChI is InChI=1S/C10H16ClN3/c1-6(2)7(3)14-10-9(12)4-8(11)5-13-10/h4-7H,12H2,1-3H3,(H,13,14). The summed E-state index contributed by atoms with van der Waals surface area (Å²) in [6, 6.07) is 2.04. The van der Waals surface area contributed by atoms with Gasteiger partial charge < -0.3 is 11.1 Å². The van der Waals surface area contributed by atoms with Crippen molar-refractivity contribution in [1.82, 2.24) is 4.98 Å². The van der Waals surface area contributed by atoms with Crippen molar-refractivity contribution in [3.05, 3.63) is 17.3 Å². The Balaban J connectivity index is 2.77.